The first-order valence-corrected chi connectivity index (χ1v) is 5.68. The lowest BCUT2D eigenvalue weighted by Gasteiger charge is -2.04. The van der Waals surface area contributed by atoms with Crippen molar-refractivity contribution in [1.82, 2.24) is 0 Å². The lowest BCUT2D eigenvalue weighted by Crippen LogP contribution is -2.03. The number of hydrogen-bond acceptors (Lipinski definition) is 2. The molecule has 0 amide bonds. The summed E-state index contributed by atoms with van der Waals surface area (Å²) in [5.41, 5.74) is 7.65. The van der Waals surface area contributed by atoms with E-state index in [1.54, 1.807) is 36.4 Å². The highest BCUT2D eigenvalue weighted by molar-refractivity contribution is 6.34. The van der Waals surface area contributed by atoms with Gasteiger partial charge in [0.25, 0.3) is 0 Å². The molecule has 2 N–H and O–H groups in total. The molecule has 0 saturated carbocycles. The van der Waals surface area contributed by atoms with Crippen LogP contribution in [0.5, 0.6) is 0 Å². The van der Waals surface area contributed by atoms with Crippen molar-refractivity contribution in [3.63, 3.8) is 0 Å². The normalized spacial score (nSPS) is 10.2. The predicted molar refractivity (Wildman–Crippen MR) is 69.2 cm³/mol. The van der Waals surface area contributed by atoms with Gasteiger partial charge in [-0.2, -0.15) is 0 Å². The summed E-state index contributed by atoms with van der Waals surface area (Å²) in [6, 6.07) is 14.3. The fourth-order valence-electron chi connectivity index (χ4n) is 1.59. The largest absolute Gasteiger partial charge is 0.326 e. The summed E-state index contributed by atoms with van der Waals surface area (Å²) < 4.78 is 0. The van der Waals surface area contributed by atoms with E-state index in [4.69, 9.17) is 17.3 Å². The summed E-state index contributed by atoms with van der Waals surface area (Å²) in [4.78, 5) is 12.2. The first kappa shape index (κ1) is 11.8. The van der Waals surface area contributed by atoms with Gasteiger partial charge in [0.1, 0.15) is 0 Å². The number of carbonyl (C=O) groups is 1. The van der Waals surface area contributed by atoms with Gasteiger partial charge in [0.2, 0.25) is 0 Å². The van der Waals surface area contributed by atoms with Crippen LogP contribution in [0.1, 0.15) is 21.5 Å². The number of benzene rings is 2. The van der Waals surface area contributed by atoms with Crippen molar-refractivity contribution in [2.24, 2.45) is 5.73 Å². The molecule has 0 aliphatic rings. The molecule has 0 spiro atoms. The zero-order valence-corrected chi connectivity index (χ0v) is 9.95. The summed E-state index contributed by atoms with van der Waals surface area (Å²) in [6.45, 7) is 0.473. The third-order valence-corrected chi connectivity index (χ3v) is 2.90. The molecule has 0 unspecified atom stereocenters. The Kier molecular flexibility index (Phi) is 3.57. The minimum Gasteiger partial charge on any atom is -0.326 e. The molecular weight excluding hydrogens is 234 g/mol. The average Bonchev–Trinajstić information content (AvgIpc) is 2.39. The first-order valence-electron chi connectivity index (χ1n) is 5.30. The molecule has 0 aliphatic carbocycles. The van der Waals surface area contributed by atoms with Crippen molar-refractivity contribution in [2.75, 3.05) is 0 Å². The standard InChI is InChI=1S/C14H12ClNO/c15-13-4-2-1-3-12(13)14(17)11-7-5-10(9-16)6-8-11/h1-8H,9,16H2. The minimum absolute atomic E-state index is 0.0702. The average molecular weight is 246 g/mol. The Hall–Kier alpha value is -1.64. The Labute approximate surface area is 105 Å². The highest BCUT2D eigenvalue weighted by Crippen LogP contribution is 2.19. The predicted octanol–water partition coefficient (Wildman–Crippen LogP) is 3.03. The SMILES string of the molecule is NCc1ccc(C(=O)c2ccccc2Cl)cc1. The molecule has 2 nitrogen and oxygen atoms in total. The van der Waals surface area contributed by atoms with Gasteiger partial charge < -0.3 is 5.73 Å². The molecule has 2 aromatic rings. The zero-order valence-electron chi connectivity index (χ0n) is 9.19. The van der Waals surface area contributed by atoms with Crippen LogP contribution in [0.25, 0.3) is 0 Å². The molecule has 0 aromatic heterocycles. The smallest absolute Gasteiger partial charge is 0.194 e. The van der Waals surface area contributed by atoms with Crippen molar-refractivity contribution in [3.05, 3.63) is 70.2 Å². The number of carbonyl (C=O) groups excluding carboxylic acids is 1. The fraction of sp³-hybridized carbons (Fsp3) is 0.0714. The number of halogens is 1. The lowest BCUT2D eigenvalue weighted by molar-refractivity contribution is 0.103. The van der Waals surface area contributed by atoms with Gasteiger partial charge in [0.15, 0.2) is 5.78 Å². The van der Waals surface area contributed by atoms with E-state index in [0.717, 1.165) is 5.56 Å². The minimum atomic E-state index is -0.0702. The highest BCUT2D eigenvalue weighted by atomic mass is 35.5. The van der Waals surface area contributed by atoms with E-state index < -0.39 is 0 Å². The van der Waals surface area contributed by atoms with Gasteiger partial charge in [-0.15, -0.1) is 0 Å². The van der Waals surface area contributed by atoms with Crippen LogP contribution < -0.4 is 5.73 Å². The van der Waals surface area contributed by atoms with Gasteiger partial charge in [0, 0.05) is 17.7 Å². The van der Waals surface area contributed by atoms with E-state index in [1.807, 2.05) is 12.1 Å². The van der Waals surface area contributed by atoms with E-state index in [0.29, 0.717) is 22.7 Å². The molecule has 0 radical (unpaired) electrons. The Morgan fingerprint density at radius 3 is 2.29 bits per heavy atom. The van der Waals surface area contributed by atoms with Crippen molar-refractivity contribution >= 4 is 17.4 Å². The highest BCUT2D eigenvalue weighted by Gasteiger charge is 2.11. The summed E-state index contributed by atoms with van der Waals surface area (Å²) in [5.74, 6) is -0.0702. The van der Waals surface area contributed by atoms with E-state index in [2.05, 4.69) is 0 Å². The van der Waals surface area contributed by atoms with Crippen molar-refractivity contribution in [2.45, 2.75) is 6.54 Å². The van der Waals surface area contributed by atoms with Gasteiger partial charge in [-0.05, 0) is 17.7 Å². The van der Waals surface area contributed by atoms with Gasteiger partial charge in [0.05, 0.1) is 5.02 Å². The Morgan fingerprint density at radius 1 is 1.06 bits per heavy atom. The summed E-state index contributed by atoms with van der Waals surface area (Å²) in [6.07, 6.45) is 0. The van der Waals surface area contributed by atoms with E-state index >= 15 is 0 Å². The first-order chi connectivity index (χ1) is 8.22. The van der Waals surface area contributed by atoms with Gasteiger partial charge >= 0.3 is 0 Å². The van der Waals surface area contributed by atoms with E-state index in [9.17, 15) is 4.79 Å². The third-order valence-electron chi connectivity index (χ3n) is 2.57. The van der Waals surface area contributed by atoms with Gasteiger partial charge in [-0.25, -0.2) is 0 Å². The van der Waals surface area contributed by atoms with Crippen LogP contribution in [0.2, 0.25) is 5.02 Å². The van der Waals surface area contributed by atoms with Crippen LogP contribution in [0.3, 0.4) is 0 Å². The molecule has 0 saturated heterocycles. The Balaban J connectivity index is 2.34. The fourth-order valence-corrected chi connectivity index (χ4v) is 1.81. The Morgan fingerprint density at radius 2 is 1.71 bits per heavy atom. The zero-order chi connectivity index (χ0) is 12.3. The molecule has 0 bridgehead atoms. The summed E-state index contributed by atoms with van der Waals surface area (Å²) in [5, 5.41) is 0.473. The molecule has 17 heavy (non-hydrogen) atoms. The molecule has 0 aliphatic heterocycles. The van der Waals surface area contributed by atoms with E-state index in [-0.39, 0.29) is 5.78 Å². The molecule has 86 valence electrons. The summed E-state index contributed by atoms with van der Waals surface area (Å²) >= 11 is 5.99. The number of nitrogens with two attached hydrogens (primary N) is 1. The second-order valence-electron chi connectivity index (χ2n) is 3.71. The third kappa shape index (κ3) is 2.54. The molecule has 3 heteroatoms. The number of ketones is 1. The van der Waals surface area contributed by atoms with Crippen molar-refractivity contribution in [3.8, 4) is 0 Å². The quantitative estimate of drug-likeness (QED) is 0.845. The second kappa shape index (κ2) is 5.13. The van der Waals surface area contributed by atoms with Crippen LogP contribution in [-0.2, 0) is 6.54 Å². The Bertz CT molecular complexity index is 534. The summed E-state index contributed by atoms with van der Waals surface area (Å²) in [7, 11) is 0. The second-order valence-corrected chi connectivity index (χ2v) is 4.12. The van der Waals surface area contributed by atoms with Crippen LogP contribution in [0, 0.1) is 0 Å². The maximum Gasteiger partial charge on any atom is 0.194 e. The van der Waals surface area contributed by atoms with Crippen LogP contribution in [0.15, 0.2) is 48.5 Å². The van der Waals surface area contributed by atoms with Crippen LogP contribution >= 0.6 is 11.6 Å². The maximum absolute atomic E-state index is 12.2. The topological polar surface area (TPSA) is 43.1 Å². The van der Waals surface area contributed by atoms with Crippen molar-refractivity contribution < 1.29 is 4.79 Å². The van der Waals surface area contributed by atoms with Gasteiger partial charge in [-0.1, -0.05) is 48.0 Å². The molecule has 0 fully saturated rings. The molecule has 0 atom stereocenters. The van der Waals surface area contributed by atoms with Gasteiger partial charge in [-0.3, -0.25) is 4.79 Å². The maximum atomic E-state index is 12.2. The number of hydrogen-bond donors (Lipinski definition) is 1. The van der Waals surface area contributed by atoms with E-state index in [1.165, 1.54) is 0 Å². The van der Waals surface area contributed by atoms with Crippen molar-refractivity contribution in [1.29, 1.82) is 0 Å². The molecule has 2 rings (SSSR count). The number of rotatable bonds is 3. The molecule has 0 heterocycles. The monoisotopic (exact) mass is 245 g/mol. The lowest BCUT2D eigenvalue weighted by atomic mass is 10.0. The van der Waals surface area contributed by atoms with Crippen LogP contribution in [-0.4, -0.2) is 5.78 Å². The molecule has 2 aromatic carbocycles. The molecular formula is C14H12ClNO. The van der Waals surface area contributed by atoms with Crippen LogP contribution in [0.4, 0.5) is 0 Å².